The molecular formula is C12H14ClN. The molecule has 0 amide bonds. The summed E-state index contributed by atoms with van der Waals surface area (Å²) in [5.74, 6) is 0. The van der Waals surface area contributed by atoms with Crippen LogP contribution in [0.1, 0.15) is 19.4 Å². The Morgan fingerprint density at radius 1 is 1.14 bits per heavy atom. The Morgan fingerprint density at radius 2 is 1.86 bits per heavy atom. The molecule has 2 heteroatoms. The van der Waals surface area contributed by atoms with Gasteiger partial charge in [0, 0.05) is 11.6 Å². The van der Waals surface area contributed by atoms with Crippen LogP contribution in [0.2, 0.25) is 5.02 Å². The SMILES string of the molecule is CC.Cc1ccc2c(Cl)ccnc2c1. The molecule has 2 aromatic rings. The first-order valence-electron chi connectivity index (χ1n) is 4.78. The van der Waals surface area contributed by atoms with Crippen LogP contribution in [0.5, 0.6) is 0 Å². The Bertz CT molecular complexity index is 424. The highest BCUT2D eigenvalue weighted by Gasteiger charge is 1.97. The third-order valence-corrected chi connectivity index (χ3v) is 2.17. The van der Waals surface area contributed by atoms with Crippen LogP contribution >= 0.6 is 11.6 Å². The van der Waals surface area contributed by atoms with E-state index < -0.39 is 0 Å². The molecule has 0 aliphatic carbocycles. The minimum absolute atomic E-state index is 0.764. The standard InChI is InChI=1S/C10H8ClN.C2H6/c1-7-2-3-8-9(11)4-5-12-10(8)6-7;1-2/h2-6H,1H3;1-2H3. The topological polar surface area (TPSA) is 12.9 Å². The summed E-state index contributed by atoms with van der Waals surface area (Å²) in [5, 5.41) is 1.78. The van der Waals surface area contributed by atoms with Crippen molar-refractivity contribution < 1.29 is 0 Å². The first-order valence-corrected chi connectivity index (χ1v) is 5.16. The first-order chi connectivity index (χ1) is 6.77. The van der Waals surface area contributed by atoms with Gasteiger partial charge in [0.15, 0.2) is 0 Å². The maximum atomic E-state index is 5.97. The minimum Gasteiger partial charge on any atom is -0.256 e. The number of aryl methyl sites for hydroxylation is 1. The number of nitrogens with zero attached hydrogens (tertiary/aromatic N) is 1. The number of hydrogen-bond donors (Lipinski definition) is 0. The van der Waals surface area contributed by atoms with E-state index in [2.05, 4.69) is 4.98 Å². The summed E-state index contributed by atoms with van der Waals surface area (Å²) in [6, 6.07) is 7.87. The van der Waals surface area contributed by atoms with Crippen molar-refractivity contribution in [2.45, 2.75) is 20.8 Å². The number of benzene rings is 1. The third kappa shape index (κ3) is 2.24. The van der Waals surface area contributed by atoms with Crippen molar-refractivity contribution in [3.63, 3.8) is 0 Å². The lowest BCUT2D eigenvalue weighted by molar-refractivity contribution is 1.39. The summed E-state index contributed by atoms with van der Waals surface area (Å²) in [5.41, 5.74) is 2.17. The molecule has 1 nitrogen and oxygen atoms in total. The number of hydrogen-bond acceptors (Lipinski definition) is 1. The average molecular weight is 208 g/mol. The summed E-state index contributed by atoms with van der Waals surface area (Å²) in [6.07, 6.45) is 1.73. The molecule has 74 valence electrons. The maximum Gasteiger partial charge on any atom is 0.0719 e. The highest BCUT2D eigenvalue weighted by atomic mass is 35.5. The van der Waals surface area contributed by atoms with Gasteiger partial charge in [-0.25, -0.2) is 0 Å². The second-order valence-electron chi connectivity index (χ2n) is 2.81. The Labute approximate surface area is 89.7 Å². The molecule has 1 aromatic heterocycles. The Morgan fingerprint density at radius 3 is 2.57 bits per heavy atom. The van der Waals surface area contributed by atoms with Crippen molar-refractivity contribution >= 4 is 22.5 Å². The zero-order chi connectivity index (χ0) is 10.6. The number of rotatable bonds is 0. The molecule has 0 atom stereocenters. The van der Waals surface area contributed by atoms with Crippen LogP contribution in [0.4, 0.5) is 0 Å². The lowest BCUT2D eigenvalue weighted by atomic mass is 10.1. The number of halogens is 1. The van der Waals surface area contributed by atoms with Crippen molar-refractivity contribution in [1.82, 2.24) is 4.98 Å². The fourth-order valence-electron chi connectivity index (χ4n) is 1.22. The van der Waals surface area contributed by atoms with Crippen molar-refractivity contribution in [2.75, 3.05) is 0 Å². The van der Waals surface area contributed by atoms with E-state index >= 15 is 0 Å². The lowest BCUT2D eigenvalue weighted by Gasteiger charge is -1.99. The molecule has 0 fully saturated rings. The molecular weight excluding hydrogens is 194 g/mol. The predicted molar refractivity (Wildman–Crippen MR) is 62.8 cm³/mol. The largest absolute Gasteiger partial charge is 0.256 e. The Balaban J connectivity index is 0.000000461. The van der Waals surface area contributed by atoms with Crippen molar-refractivity contribution in [2.24, 2.45) is 0 Å². The Hall–Kier alpha value is -1.08. The van der Waals surface area contributed by atoms with Gasteiger partial charge in [0.25, 0.3) is 0 Å². The lowest BCUT2D eigenvalue weighted by Crippen LogP contribution is -1.79. The predicted octanol–water partition coefficient (Wildman–Crippen LogP) is 4.22. The molecule has 0 bridgehead atoms. The average Bonchev–Trinajstić information content (AvgIpc) is 2.21. The van der Waals surface area contributed by atoms with E-state index in [1.807, 2.05) is 39.0 Å². The number of aromatic nitrogens is 1. The summed E-state index contributed by atoms with van der Waals surface area (Å²) < 4.78 is 0. The van der Waals surface area contributed by atoms with Crippen LogP contribution in [0.25, 0.3) is 10.9 Å². The van der Waals surface area contributed by atoms with Gasteiger partial charge in [-0.15, -0.1) is 0 Å². The number of pyridine rings is 1. The van der Waals surface area contributed by atoms with E-state index in [1.54, 1.807) is 12.3 Å². The highest BCUT2D eigenvalue weighted by Crippen LogP contribution is 2.21. The molecule has 0 saturated heterocycles. The van der Waals surface area contributed by atoms with Crippen LogP contribution < -0.4 is 0 Å². The smallest absolute Gasteiger partial charge is 0.0719 e. The first kappa shape index (κ1) is 11.0. The van der Waals surface area contributed by atoms with Crippen LogP contribution in [0.15, 0.2) is 30.5 Å². The molecule has 0 aliphatic rings. The zero-order valence-corrected chi connectivity index (χ0v) is 9.47. The summed E-state index contributed by atoms with van der Waals surface area (Å²) in [7, 11) is 0. The van der Waals surface area contributed by atoms with Crippen molar-refractivity contribution in [3.05, 3.63) is 41.0 Å². The zero-order valence-electron chi connectivity index (χ0n) is 8.71. The van der Waals surface area contributed by atoms with Gasteiger partial charge in [-0.05, 0) is 24.6 Å². The van der Waals surface area contributed by atoms with Crippen molar-refractivity contribution in [1.29, 1.82) is 0 Å². The second kappa shape index (κ2) is 4.97. The van der Waals surface area contributed by atoms with Gasteiger partial charge >= 0.3 is 0 Å². The van der Waals surface area contributed by atoms with Gasteiger partial charge in [0.05, 0.1) is 10.5 Å². The van der Waals surface area contributed by atoms with Crippen molar-refractivity contribution in [3.8, 4) is 0 Å². The molecule has 1 aromatic carbocycles. The second-order valence-corrected chi connectivity index (χ2v) is 3.22. The molecule has 0 unspecified atom stereocenters. The van der Waals surface area contributed by atoms with E-state index in [0.29, 0.717) is 0 Å². The summed E-state index contributed by atoms with van der Waals surface area (Å²) >= 11 is 5.97. The fourth-order valence-corrected chi connectivity index (χ4v) is 1.44. The van der Waals surface area contributed by atoms with Crippen LogP contribution in [0.3, 0.4) is 0 Å². The third-order valence-electron chi connectivity index (χ3n) is 1.85. The molecule has 14 heavy (non-hydrogen) atoms. The van der Waals surface area contributed by atoms with Gasteiger partial charge in [-0.2, -0.15) is 0 Å². The minimum atomic E-state index is 0.764. The van der Waals surface area contributed by atoms with Gasteiger partial charge < -0.3 is 0 Å². The van der Waals surface area contributed by atoms with Crippen LogP contribution in [-0.4, -0.2) is 4.98 Å². The van der Waals surface area contributed by atoms with E-state index in [1.165, 1.54) is 5.56 Å². The summed E-state index contributed by atoms with van der Waals surface area (Å²) in [6.45, 7) is 6.04. The maximum absolute atomic E-state index is 5.97. The molecule has 0 N–H and O–H groups in total. The molecule has 0 aliphatic heterocycles. The van der Waals surface area contributed by atoms with E-state index in [-0.39, 0.29) is 0 Å². The summed E-state index contributed by atoms with van der Waals surface area (Å²) in [4.78, 5) is 4.22. The monoisotopic (exact) mass is 207 g/mol. The fraction of sp³-hybridized carbons (Fsp3) is 0.250. The van der Waals surface area contributed by atoms with Gasteiger partial charge in [-0.1, -0.05) is 37.6 Å². The Kier molecular flexibility index (Phi) is 3.90. The molecule has 0 saturated carbocycles. The van der Waals surface area contributed by atoms with E-state index in [0.717, 1.165) is 15.9 Å². The van der Waals surface area contributed by atoms with Gasteiger partial charge in [0.2, 0.25) is 0 Å². The van der Waals surface area contributed by atoms with Crippen LogP contribution in [0, 0.1) is 6.92 Å². The van der Waals surface area contributed by atoms with Gasteiger partial charge in [-0.3, -0.25) is 4.98 Å². The van der Waals surface area contributed by atoms with E-state index in [4.69, 9.17) is 11.6 Å². The number of fused-ring (bicyclic) bond motifs is 1. The molecule has 1 heterocycles. The molecule has 2 rings (SSSR count). The van der Waals surface area contributed by atoms with Gasteiger partial charge in [0.1, 0.15) is 0 Å². The van der Waals surface area contributed by atoms with Crippen LogP contribution in [-0.2, 0) is 0 Å². The quantitative estimate of drug-likeness (QED) is 0.630. The molecule has 0 radical (unpaired) electrons. The highest BCUT2D eigenvalue weighted by molar-refractivity contribution is 6.35. The normalized spacial score (nSPS) is 9.43. The molecule has 0 spiro atoms. The van der Waals surface area contributed by atoms with E-state index in [9.17, 15) is 0 Å².